The highest BCUT2D eigenvalue weighted by Gasteiger charge is 2.80. The van der Waals surface area contributed by atoms with E-state index in [1.807, 2.05) is 86.6 Å². The third kappa shape index (κ3) is 5.04. The van der Waals surface area contributed by atoms with Gasteiger partial charge in [-0.15, -0.1) is 13.2 Å². The van der Waals surface area contributed by atoms with E-state index in [0.29, 0.717) is 31.6 Å². The predicted octanol–water partition coefficient (Wildman–Crippen LogP) is 4.97. The first-order chi connectivity index (χ1) is 22.2. The topological polar surface area (TPSA) is 90.4 Å². The molecule has 3 aliphatic heterocycles. The number of amides is 3. The van der Waals surface area contributed by atoms with Crippen molar-refractivity contribution < 1.29 is 24.2 Å². The molecule has 1 spiro atoms. The van der Waals surface area contributed by atoms with E-state index in [2.05, 4.69) is 13.2 Å². The molecule has 0 saturated carbocycles. The van der Waals surface area contributed by atoms with Gasteiger partial charge in [0.15, 0.2) is 0 Å². The van der Waals surface area contributed by atoms with Gasteiger partial charge in [-0.25, -0.2) is 0 Å². The predicted molar refractivity (Wildman–Crippen MR) is 179 cm³/mol. The lowest BCUT2D eigenvalue weighted by Crippen LogP contribution is -2.57. The van der Waals surface area contributed by atoms with Crippen LogP contribution in [0.5, 0.6) is 0 Å². The molecule has 3 heterocycles. The second kappa shape index (κ2) is 12.5. The highest BCUT2D eigenvalue weighted by atomic mass is 16.5. The highest BCUT2D eigenvalue weighted by Crippen LogP contribution is 2.65. The molecule has 240 valence electrons. The molecule has 6 rings (SSSR count). The Morgan fingerprint density at radius 2 is 1.70 bits per heavy atom. The molecule has 3 fully saturated rings. The lowest BCUT2D eigenvalue weighted by Gasteiger charge is -2.39. The van der Waals surface area contributed by atoms with Crippen molar-refractivity contribution in [1.29, 1.82) is 0 Å². The first-order valence-corrected chi connectivity index (χ1v) is 16.2. The van der Waals surface area contributed by atoms with Crippen LogP contribution in [-0.2, 0) is 25.7 Å². The van der Waals surface area contributed by atoms with Crippen LogP contribution < -0.4 is 4.90 Å². The van der Waals surface area contributed by atoms with Gasteiger partial charge in [0, 0.05) is 38.5 Å². The van der Waals surface area contributed by atoms with Gasteiger partial charge in [-0.05, 0) is 54.2 Å². The Labute approximate surface area is 270 Å². The van der Waals surface area contributed by atoms with Gasteiger partial charge >= 0.3 is 0 Å². The van der Waals surface area contributed by atoms with Crippen LogP contribution in [0.3, 0.4) is 0 Å². The molecule has 3 unspecified atom stereocenters. The summed E-state index contributed by atoms with van der Waals surface area (Å²) in [6.07, 6.45) is 4.15. The maximum absolute atomic E-state index is 14.9. The van der Waals surface area contributed by atoms with Crippen molar-refractivity contribution in [3.05, 3.63) is 104 Å². The van der Waals surface area contributed by atoms with Crippen molar-refractivity contribution in [3.8, 4) is 0 Å². The van der Waals surface area contributed by atoms with E-state index in [1.165, 1.54) is 0 Å². The Hall–Kier alpha value is -4.27. The Balaban J connectivity index is 1.42. The summed E-state index contributed by atoms with van der Waals surface area (Å²) in [6.45, 7) is 12.8. The molecule has 6 atom stereocenters. The number of benzene rings is 3. The van der Waals surface area contributed by atoms with E-state index >= 15 is 0 Å². The zero-order valence-corrected chi connectivity index (χ0v) is 26.7. The fourth-order valence-corrected chi connectivity index (χ4v) is 8.21. The van der Waals surface area contributed by atoms with Crippen LogP contribution >= 0.6 is 0 Å². The normalized spacial score (nSPS) is 27.9. The van der Waals surface area contributed by atoms with E-state index < -0.39 is 29.1 Å². The van der Waals surface area contributed by atoms with Gasteiger partial charge in [-0.1, -0.05) is 79.7 Å². The minimum atomic E-state index is -1.19. The van der Waals surface area contributed by atoms with Crippen LogP contribution in [0.15, 0.2) is 98.1 Å². The largest absolute Gasteiger partial charge is 0.396 e. The number of anilines is 1. The molecule has 3 saturated heterocycles. The fourth-order valence-electron chi connectivity index (χ4n) is 8.21. The number of hydrogen-bond donors (Lipinski definition) is 1. The zero-order chi connectivity index (χ0) is 32.6. The van der Waals surface area contributed by atoms with Gasteiger partial charge in [0.2, 0.25) is 11.8 Å². The first-order valence-electron chi connectivity index (χ1n) is 16.2. The second-order valence-electron chi connectivity index (χ2n) is 13.1. The first kappa shape index (κ1) is 31.7. The molecule has 46 heavy (non-hydrogen) atoms. The van der Waals surface area contributed by atoms with Crippen LogP contribution in [0.25, 0.3) is 10.8 Å². The number of likely N-dealkylation sites (tertiary alicyclic amines) is 1. The minimum absolute atomic E-state index is 0.0885. The van der Waals surface area contributed by atoms with Crippen molar-refractivity contribution in [2.75, 3.05) is 31.1 Å². The molecular formula is C38H43N3O5. The summed E-state index contributed by atoms with van der Waals surface area (Å²) in [4.78, 5) is 49.1. The molecule has 8 nitrogen and oxygen atoms in total. The van der Waals surface area contributed by atoms with Crippen molar-refractivity contribution in [2.24, 2.45) is 17.8 Å². The second-order valence-corrected chi connectivity index (χ2v) is 13.1. The van der Waals surface area contributed by atoms with Crippen LogP contribution in [0.2, 0.25) is 0 Å². The number of hydrogen-bond acceptors (Lipinski definition) is 5. The third-order valence-electron chi connectivity index (χ3n) is 10.4. The maximum atomic E-state index is 14.9. The summed E-state index contributed by atoms with van der Waals surface area (Å²) >= 11 is 0. The molecule has 3 aromatic rings. The zero-order valence-electron chi connectivity index (χ0n) is 26.7. The van der Waals surface area contributed by atoms with Crippen LogP contribution in [0, 0.1) is 17.8 Å². The molecule has 8 heteroatoms. The molecular weight excluding hydrogens is 578 g/mol. The van der Waals surface area contributed by atoms with Gasteiger partial charge in [-0.2, -0.15) is 0 Å². The smallest absolute Gasteiger partial charge is 0.253 e. The number of aliphatic hydroxyl groups is 1. The summed E-state index contributed by atoms with van der Waals surface area (Å²) in [5.74, 6) is -2.42. The number of carbonyl (C=O) groups excluding carboxylic acids is 3. The Morgan fingerprint density at radius 3 is 2.39 bits per heavy atom. The summed E-state index contributed by atoms with van der Waals surface area (Å²) in [5, 5.41) is 11.8. The molecule has 0 aromatic heterocycles. The number of fused-ring (bicyclic) bond motifs is 2. The van der Waals surface area contributed by atoms with Gasteiger partial charge in [0.25, 0.3) is 5.91 Å². The fraction of sp³-hybridized carbons (Fsp3) is 0.395. The van der Waals surface area contributed by atoms with Crippen molar-refractivity contribution in [1.82, 2.24) is 9.80 Å². The summed E-state index contributed by atoms with van der Waals surface area (Å²) in [5.41, 5.74) is -0.472. The Bertz CT molecular complexity index is 1660. The van der Waals surface area contributed by atoms with E-state index in [0.717, 1.165) is 16.3 Å². The van der Waals surface area contributed by atoms with Crippen molar-refractivity contribution in [2.45, 2.75) is 50.5 Å². The van der Waals surface area contributed by atoms with Gasteiger partial charge in [-0.3, -0.25) is 14.4 Å². The maximum Gasteiger partial charge on any atom is 0.253 e. The number of ether oxygens (including phenoxy) is 1. The van der Waals surface area contributed by atoms with Gasteiger partial charge in [0.1, 0.15) is 11.6 Å². The quantitative estimate of drug-likeness (QED) is 0.289. The lowest BCUT2D eigenvalue weighted by molar-refractivity contribution is -0.151. The van der Waals surface area contributed by atoms with E-state index in [1.54, 1.807) is 26.9 Å². The average Bonchev–Trinajstić information content (AvgIpc) is 3.58. The SMILES string of the molecule is C=CCN(Cc1ccccc1)C(=O)[C@H]1[C@H]2C(=O)N(CCCO)C(C(=O)N(CC=C)c3ccc4ccccc4c3)C23CC(C)[C@]1(C)O3. The average molecular weight is 622 g/mol. The summed E-state index contributed by atoms with van der Waals surface area (Å²) in [6, 6.07) is 22.6. The molecule has 3 amide bonds. The summed E-state index contributed by atoms with van der Waals surface area (Å²) < 4.78 is 6.97. The molecule has 0 aliphatic carbocycles. The monoisotopic (exact) mass is 621 g/mol. The van der Waals surface area contributed by atoms with Crippen LogP contribution in [0.1, 0.15) is 32.3 Å². The Morgan fingerprint density at radius 1 is 1.00 bits per heavy atom. The highest BCUT2D eigenvalue weighted by molar-refractivity contribution is 6.06. The number of nitrogens with zero attached hydrogens (tertiary/aromatic N) is 3. The van der Waals surface area contributed by atoms with Gasteiger partial charge < -0.3 is 24.5 Å². The molecule has 3 aliphatic rings. The van der Waals surface area contributed by atoms with E-state index in [4.69, 9.17) is 4.74 Å². The third-order valence-corrected chi connectivity index (χ3v) is 10.4. The van der Waals surface area contributed by atoms with E-state index in [-0.39, 0.29) is 43.3 Å². The summed E-state index contributed by atoms with van der Waals surface area (Å²) in [7, 11) is 0. The minimum Gasteiger partial charge on any atom is -0.396 e. The number of rotatable bonds is 12. The van der Waals surface area contributed by atoms with E-state index in [9.17, 15) is 19.5 Å². The van der Waals surface area contributed by atoms with Crippen molar-refractivity contribution >= 4 is 34.2 Å². The lowest BCUT2D eigenvalue weighted by atomic mass is 9.62. The van der Waals surface area contributed by atoms with Crippen LogP contribution in [-0.4, -0.2) is 76.1 Å². The number of aliphatic hydroxyl groups excluding tert-OH is 1. The molecule has 0 radical (unpaired) electrons. The molecule has 2 bridgehead atoms. The number of carbonyl (C=O) groups is 3. The molecule has 1 N–H and O–H groups in total. The van der Waals surface area contributed by atoms with Gasteiger partial charge in [0.05, 0.1) is 17.4 Å². The standard InChI is InChI=1S/C38H43N3O5/c1-5-19-39(25-27-13-8-7-9-14-27)34(43)31-32-35(44)41(21-12-22-42)33(38(32)24-26(3)37(31,4)46-38)36(45)40(20-6-2)30-18-17-28-15-10-11-16-29(28)23-30/h5-11,13-18,23,26,31-33,42H,1-2,12,19-22,24-25H2,3-4H3/t26?,31-,32+,33?,37+,38?/m1/s1. The van der Waals surface area contributed by atoms with Crippen molar-refractivity contribution in [3.63, 3.8) is 0 Å². The molecule has 3 aromatic carbocycles. The van der Waals surface area contributed by atoms with Crippen LogP contribution in [0.4, 0.5) is 5.69 Å². The Kier molecular flexibility index (Phi) is 8.61.